The van der Waals surface area contributed by atoms with Crippen LogP contribution in [-0.4, -0.2) is 31.2 Å². The highest BCUT2D eigenvalue weighted by atomic mass is 16.7. The third-order valence-corrected chi connectivity index (χ3v) is 1.93. The van der Waals surface area contributed by atoms with Crippen molar-refractivity contribution in [2.24, 2.45) is 5.92 Å². The molecule has 1 unspecified atom stereocenters. The van der Waals surface area contributed by atoms with Crippen molar-refractivity contribution < 1.29 is 14.6 Å². The number of rotatable bonds is 4. The van der Waals surface area contributed by atoms with Gasteiger partial charge >= 0.3 is 0 Å². The Morgan fingerprint density at radius 2 is 2.09 bits per heavy atom. The fourth-order valence-corrected chi connectivity index (χ4v) is 1.25. The molecule has 66 valence electrons. The molecule has 0 radical (unpaired) electrons. The number of aliphatic hydroxyl groups excluding tert-OH is 1. The Morgan fingerprint density at radius 1 is 1.45 bits per heavy atom. The van der Waals surface area contributed by atoms with E-state index < -0.39 is 0 Å². The van der Waals surface area contributed by atoms with Crippen molar-refractivity contribution >= 4 is 0 Å². The summed E-state index contributed by atoms with van der Waals surface area (Å²) in [5, 5.41) is 8.58. The number of aliphatic hydroxyl groups is 1. The highest BCUT2D eigenvalue weighted by Gasteiger charge is 2.22. The lowest BCUT2D eigenvalue weighted by atomic mass is 10.1. The first kappa shape index (κ1) is 8.97. The van der Waals surface area contributed by atoms with E-state index in [-0.39, 0.29) is 12.9 Å². The van der Waals surface area contributed by atoms with E-state index in [0.717, 1.165) is 12.8 Å². The Bertz CT molecular complexity index is 99.5. The van der Waals surface area contributed by atoms with Gasteiger partial charge in [-0.2, -0.15) is 0 Å². The molecule has 0 saturated carbocycles. The summed E-state index contributed by atoms with van der Waals surface area (Å²) < 4.78 is 10.6. The topological polar surface area (TPSA) is 38.7 Å². The third kappa shape index (κ3) is 2.77. The lowest BCUT2D eigenvalue weighted by Gasteiger charge is -2.16. The molecule has 0 amide bonds. The van der Waals surface area contributed by atoms with Crippen molar-refractivity contribution in [3.05, 3.63) is 0 Å². The summed E-state index contributed by atoms with van der Waals surface area (Å²) in [4.78, 5) is 0. The fraction of sp³-hybridized carbons (Fsp3) is 1.00. The quantitative estimate of drug-likeness (QED) is 0.660. The van der Waals surface area contributed by atoms with E-state index in [0.29, 0.717) is 19.1 Å². The van der Waals surface area contributed by atoms with Crippen LogP contribution in [0.5, 0.6) is 0 Å². The first-order chi connectivity index (χ1) is 5.34. The maximum absolute atomic E-state index is 8.58. The third-order valence-electron chi connectivity index (χ3n) is 1.93. The normalized spacial score (nSPS) is 22.4. The molecule has 0 aromatic rings. The van der Waals surface area contributed by atoms with Gasteiger partial charge in [-0.15, -0.1) is 0 Å². The van der Waals surface area contributed by atoms with Crippen LogP contribution in [0.4, 0.5) is 0 Å². The lowest BCUT2D eigenvalue weighted by Crippen LogP contribution is -2.18. The van der Waals surface area contributed by atoms with Crippen LogP contribution in [0.15, 0.2) is 0 Å². The minimum atomic E-state index is -0.0263. The number of hydrogen-bond acceptors (Lipinski definition) is 3. The van der Waals surface area contributed by atoms with Crippen LogP contribution in [0.3, 0.4) is 0 Å². The highest BCUT2D eigenvalue weighted by molar-refractivity contribution is 4.61. The molecule has 1 heterocycles. The van der Waals surface area contributed by atoms with Crippen molar-refractivity contribution in [3.8, 4) is 0 Å². The molecule has 1 atom stereocenters. The van der Waals surface area contributed by atoms with Gasteiger partial charge in [-0.05, 0) is 12.8 Å². The summed E-state index contributed by atoms with van der Waals surface area (Å²) in [7, 11) is 0. The van der Waals surface area contributed by atoms with Gasteiger partial charge in [0.1, 0.15) is 0 Å². The van der Waals surface area contributed by atoms with E-state index in [2.05, 4.69) is 6.92 Å². The molecule has 1 rings (SSSR count). The number of hydrogen-bond donors (Lipinski definition) is 1. The molecular formula is C8H16O3. The minimum absolute atomic E-state index is 0.0263. The van der Waals surface area contributed by atoms with Gasteiger partial charge in [-0.1, -0.05) is 6.92 Å². The Balaban J connectivity index is 2.12. The van der Waals surface area contributed by atoms with Crippen LogP contribution in [0.2, 0.25) is 0 Å². The molecule has 1 N–H and O–H groups in total. The monoisotopic (exact) mass is 160 g/mol. The van der Waals surface area contributed by atoms with Crippen LogP contribution in [0.25, 0.3) is 0 Å². The average molecular weight is 160 g/mol. The Labute approximate surface area is 67.3 Å². The van der Waals surface area contributed by atoms with Crippen LogP contribution in [0, 0.1) is 5.92 Å². The van der Waals surface area contributed by atoms with Gasteiger partial charge in [0.15, 0.2) is 6.29 Å². The van der Waals surface area contributed by atoms with Crippen LogP contribution < -0.4 is 0 Å². The molecule has 1 fully saturated rings. The highest BCUT2D eigenvalue weighted by Crippen LogP contribution is 2.18. The molecule has 3 heteroatoms. The summed E-state index contributed by atoms with van der Waals surface area (Å²) in [6.07, 6.45) is 1.78. The van der Waals surface area contributed by atoms with E-state index in [1.807, 2.05) is 0 Å². The lowest BCUT2D eigenvalue weighted by molar-refractivity contribution is -0.0811. The van der Waals surface area contributed by atoms with Crippen LogP contribution >= 0.6 is 0 Å². The molecule has 1 saturated heterocycles. The largest absolute Gasteiger partial charge is 0.396 e. The molecule has 11 heavy (non-hydrogen) atoms. The van der Waals surface area contributed by atoms with Gasteiger partial charge in [0.05, 0.1) is 13.2 Å². The Kier molecular flexibility index (Phi) is 3.83. The van der Waals surface area contributed by atoms with Crippen molar-refractivity contribution in [2.75, 3.05) is 19.8 Å². The molecule has 0 bridgehead atoms. The fourth-order valence-electron chi connectivity index (χ4n) is 1.25. The summed E-state index contributed by atoms with van der Waals surface area (Å²) >= 11 is 0. The van der Waals surface area contributed by atoms with Gasteiger partial charge in [-0.3, -0.25) is 0 Å². The predicted molar refractivity (Wildman–Crippen MR) is 41.2 cm³/mol. The van der Waals surface area contributed by atoms with E-state index >= 15 is 0 Å². The van der Waals surface area contributed by atoms with E-state index in [1.54, 1.807) is 0 Å². The Morgan fingerprint density at radius 3 is 2.64 bits per heavy atom. The van der Waals surface area contributed by atoms with Crippen LogP contribution in [0.1, 0.15) is 19.8 Å². The van der Waals surface area contributed by atoms with Crippen LogP contribution in [-0.2, 0) is 9.47 Å². The zero-order chi connectivity index (χ0) is 8.10. The van der Waals surface area contributed by atoms with E-state index in [4.69, 9.17) is 14.6 Å². The van der Waals surface area contributed by atoms with Gasteiger partial charge in [0.2, 0.25) is 0 Å². The van der Waals surface area contributed by atoms with Crippen molar-refractivity contribution in [3.63, 3.8) is 0 Å². The van der Waals surface area contributed by atoms with Gasteiger partial charge in [0.25, 0.3) is 0 Å². The molecule has 0 aromatic carbocycles. The minimum Gasteiger partial charge on any atom is -0.396 e. The molecule has 0 spiro atoms. The number of ether oxygens (including phenoxy) is 2. The molecular weight excluding hydrogens is 144 g/mol. The van der Waals surface area contributed by atoms with Gasteiger partial charge in [-0.25, -0.2) is 0 Å². The molecule has 0 aliphatic carbocycles. The van der Waals surface area contributed by atoms with E-state index in [9.17, 15) is 0 Å². The summed E-state index contributed by atoms with van der Waals surface area (Å²) in [6.45, 7) is 3.78. The second-order valence-electron chi connectivity index (χ2n) is 2.95. The second-order valence-corrected chi connectivity index (χ2v) is 2.95. The van der Waals surface area contributed by atoms with Crippen molar-refractivity contribution in [2.45, 2.75) is 26.1 Å². The maximum atomic E-state index is 8.58. The molecule has 1 aliphatic heterocycles. The standard InChI is InChI=1S/C8H16O3/c1-7(3-2-4-9)8-10-5-6-11-8/h7-9H,2-6H2,1H3. The molecule has 3 nitrogen and oxygen atoms in total. The molecule has 1 aliphatic rings. The van der Waals surface area contributed by atoms with Gasteiger partial charge < -0.3 is 14.6 Å². The SMILES string of the molecule is CC(CCCO)C1OCCO1. The summed E-state index contributed by atoms with van der Waals surface area (Å²) in [6, 6.07) is 0. The smallest absolute Gasteiger partial charge is 0.160 e. The average Bonchev–Trinajstić information content (AvgIpc) is 2.52. The second kappa shape index (κ2) is 4.70. The zero-order valence-electron chi connectivity index (χ0n) is 6.95. The predicted octanol–water partition coefficient (Wildman–Crippen LogP) is 0.768. The van der Waals surface area contributed by atoms with Gasteiger partial charge in [0, 0.05) is 12.5 Å². The Hall–Kier alpha value is -0.120. The van der Waals surface area contributed by atoms with Crippen molar-refractivity contribution in [1.82, 2.24) is 0 Å². The van der Waals surface area contributed by atoms with E-state index in [1.165, 1.54) is 0 Å². The zero-order valence-corrected chi connectivity index (χ0v) is 6.95. The first-order valence-electron chi connectivity index (χ1n) is 4.18. The maximum Gasteiger partial charge on any atom is 0.160 e. The first-order valence-corrected chi connectivity index (χ1v) is 4.18. The summed E-state index contributed by atoms with van der Waals surface area (Å²) in [5.74, 6) is 0.407. The summed E-state index contributed by atoms with van der Waals surface area (Å²) in [5.41, 5.74) is 0. The van der Waals surface area contributed by atoms with Crippen molar-refractivity contribution in [1.29, 1.82) is 0 Å². The molecule has 0 aromatic heterocycles.